The molecule has 4 heteroatoms. The summed E-state index contributed by atoms with van der Waals surface area (Å²) in [5.74, 6) is -0.342. The predicted octanol–water partition coefficient (Wildman–Crippen LogP) is 1.19. The van der Waals surface area contributed by atoms with Gasteiger partial charge in [-0.1, -0.05) is 36.8 Å². The minimum atomic E-state index is -0.537. The fourth-order valence-electron chi connectivity index (χ4n) is 1.46. The number of hydrogen-bond donors (Lipinski definition) is 2. The number of nitrogens with two attached hydrogens (primary N) is 2. The predicted molar refractivity (Wildman–Crippen MR) is 67.1 cm³/mol. The first-order valence-corrected chi connectivity index (χ1v) is 5.90. The Morgan fingerprint density at radius 2 is 1.94 bits per heavy atom. The van der Waals surface area contributed by atoms with E-state index in [4.69, 9.17) is 16.2 Å². The normalized spacial score (nSPS) is 12.1. The van der Waals surface area contributed by atoms with Crippen LogP contribution in [0.3, 0.4) is 0 Å². The summed E-state index contributed by atoms with van der Waals surface area (Å²) in [6.45, 7) is 0.913. The Kier molecular flexibility index (Phi) is 6.29. The van der Waals surface area contributed by atoms with Crippen molar-refractivity contribution in [3.8, 4) is 0 Å². The molecule has 4 N–H and O–H groups in total. The maximum absolute atomic E-state index is 11.5. The summed E-state index contributed by atoms with van der Waals surface area (Å²) >= 11 is 0. The first-order valence-electron chi connectivity index (χ1n) is 5.90. The highest BCUT2D eigenvalue weighted by atomic mass is 16.5. The van der Waals surface area contributed by atoms with Crippen LogP contribution >= 0.6 is 0 Å². The molecule has 0 bridgehead atoms. The van der Waals surface area contributed by atoms with Gasteiger partial charge in [0.1, 0.15) is 12.6 Å². The third-order valence-electron chi connectivity index (χ3n) is 2.50. The highest BCUT2D eigenvalue weighted by Crippen LogP contribution is 2.04. The van der Waals surface area contributed by atoms with Crippen molar-refractivity contribution in [2.45, 2.75) is 31.9 Å². The van der Waals surface area contributed by atoms with Crippen LogP contribution in [-0.2, 0) is 16.1 Å². The molecule has 0 aliphatic rings. The third-order valence-corrected chi connectivity index (χ3v) is 2.50. The van der Waals surface area contributed by atoms with Gasteiger partial charge in [-0.25, -0.2) is 0 Å². The number of carbonyl (C=O) groups excluding carboxylic acids is 1. The van der Waals surface area contributed by atoms with Gasteiger partial charge >= 0.3 is 5.97 Å². The van der Waals surface area contributed by atoms with Crippen LogP contribution in [0.2, 0.25) is 0 Å². The minimum absolute atomic E-state index is 0.282. The number of hydrogen-bond acceptors (Lipinski definition) is 4. The number of esters is 1. The van der Waals surface area contributed by atoms with Crippen LogP contribution in [0.5, 0.6) is 0 Å². The van der Waals surface area contributed by atoms with Gasteiger partial charge in [-0.15, -0.1) is 0 Å². The quantitative estimate of drug-likeness (QED) is 0.550. The van der Waals surface area contributed by atoms with Crippen LogP contribution in [-0.4, -0.2) is 18.6 Å². The summed E-state index contributed by atoms with van der Waals surface area (Å²) in [4.78, 5) is 11.5. The van der Waals surface area contributed by atoms with E-state index in [1.165, 1.54) is 0 Å². The molecule has 0 spiro atoms. The summed E-state index contributed by atoms with van der Waals surface area (Å²) < 4.78 is 5.13. The molecule has 0 saturated carbocycles. The Morgan fingerprint density at radius 1 is 1.24 bits per heavy atom. The Balaban J connectivity index is 2.24. The maximum atomic E-state index is 11.5. The molecule has 1 unspecified atom stereocenters. The van der Waals surface area contributed by atoms with Gasteiger partial charge in [0.25, 0.3) is 0 Å². The average Bonchev–Trinajstić information content (AvgIpc) is 2.37. The van der Waals surface area contributed by atoms with Gasteiger partial charge in [-0.3, -0.25) is 4.79 Å². The SMILES string of the molecule is NCCCCC(N)C(=O)OCc1ccccc1. The molecule has 0 radical (unpaired) electrons. The summed E-state index contributed by atoms with van der Waals surface area (Å²) in [5, 5.41) is 0. The zero-order valence-corrected chi connectivity index (χ0v) is 9.97. The molecule has 0 amide bonds. The van der Waals surface area contributed by atoms with E-state index in [1.54, 1.807) is 0 Å². The van der Waals surface area contributed by atoms with Crippen molar-refractivity contribution in [3.05, 3.63) is 35.9 Å². The molecule has 0 aliphatic heterocycles. The van der Waals surface area contributed by atoms with Crippen LogP contribution < -0.4 is 11.5 Å². The molecule has 0 aliphatic carbocycles. The van der Waals surface area contributed by atoms with Crippen molar-refractivity contribution in [1.82, 2.24) is 0 Å². The molecule has 17 heavy (non-hydrogen) atoms. The van der Waals surface area contributed by atoms with E-state index in [-0.39, 0.29) is 12.6 Å². The highest BCUT2D eigenvalue weighted by Gasteiger charge is 2.14. The van der Waals surface area contributed by atoms with Crippen LogP contribution in [0, 0.1) is 0 Å². The number of ether oxygens (including phenoxy) is 1. The summed E-state index contributed by atoms with van der Waals surface area (Å²) in [7, 11) is 0. The van der Waals surface area contributed by atoms with Crippen molar-refractivity contribution in [2.75, 3.05) is 6.54 Å². The lowest BCUT2D eigenvalue weighted by molar-refractivity contribution is -0.146. The second-order valence-electron chi connectivity index (χ2n) is 3.98. The van der Waals surface area contributed by atoms with E-state index in [0.29, 0.717) is 13.0 Å². The zero-order chi connectivity index (χ0) is 12.5. The molecule has 94 valence electrons. The first-order chi connectivity index (χ1) is 8.24. The molecule has 0 heterocycles. The van der Waals surface area contributed by atoms with Gasteiger partial charge in [0.15, 0.2) is 0 Å². The summed E-state index contributed by atoms with van der Waals surface area (Å²) in [6, 6.07) is 9.02. The van der Waals surface area contributed by atoms with Crippen LogP contribution in [0.25, 0.3) is 0 Å². The number of rotatable bonds is 7. The smallest absolute Gasteiger partial charge is 0.323 e. The van der Waals surface area contributed by atoms with E-state index in [0.717, 1.165) is 18.4 Å². The van der Waals surface area contributed by atoms with E-state index in [9.17, 15) is 4.79 Å². The van der Waals surface area contributed by atoms with E-state index >= 15 is 0 Å². The standard InChI is InChI=1S/C13H20N2O2/c14-9-5-4-8-12(15)13(16)17-10-11-6-2-1-3-7-11/h1-3,6-7,12H,4-5,8-10,14-15H2. The maximum Gasteiger partial charge on any atom is 0.323 e. The lowest BCUT2D eigenvalue weighted by Gasteiger charge is -2.11. The monoisotopic (exact) mass is 236 g/mol. The Morgan fingerprint density at radius 3 is 2.59 bits per heavy atom. The molecule has 0 fully saturated rings. The Bertz CT molecular complexity index is 327. The fraction of sp³-hybridized carbons (Fsp3) is 0.462. The lowest BCUT2D eigenvalue weighted by atomic mass is 10.1. The topological polar surface area (TPSA) is 78.3 Å². The first kappa shape index (κ1) is 13.7. The van der Waals surface area contributed by atoms with Gasteiger partial charge in [-0.2, -0.15) is 0 Å². The van der Waals surface area contributed by atoms with Crippen LogP contribution in [0.15, 0.2) is 30.3 Å². The molecule has 1 rings (SSSR count). The Hall–Kier alpha value is -1.39. The average molecular weight is 236 g/mol. The largest absolute Gasteiger partial charge is 0.460 e. The van der Waals surface area contributed by atoms with Gasteiger partial charge in [0, 0.05) is 0 Å². The Labute approximate surface area is 102 Å². The van der Waals surface area contributed by atoms with Crippen molar-refractivity contribution >= 4 is 5.97 Å². The zero-order valence-electron chi connectivity index (χ0n) is 9.97. The van der Waals surface area contributed by atoms with Crippen molar-refractivity contribution in [2.24, 2.45) is 11.5 Å². The summed E-state index contributed by atoms with van der Waals surface area (Å²) in [6.07, 6.45) is 2.38. The van der Waals surface area contributed by atoms with Gasteiger partial charge in [-0.05, 0) is 24.9 Å². The molecule has 4 nitrogen and oxygen atoms in total. The lowest BCUT2D eigenvalue weighted by Crippen LogP contribution is -2.32. The van der Waals surface area contributed by atoms with Crippen molar-refractivity contribution < 1.29 is 9.53 Å². The molecule has 0 aromatic heterocycles. The molecule has 1 aromatic carbocycles. The van der Waals surface area contributed by atoms with E-state index in [1.807, 2.05) is 30.3 Å². The number of benzene rings is 1. The second-order valence-corrected chi connectivity index (χ2v) is 3.98. The molecule has 0 saturated heterocycles. The fourth-order valence-corrected chi connectivity index (χ4v) is 1.46. The number of carbonyl (C=O) groups is 1. The molecule has 1 aromatic rings. The van der Waals surface area contributed by atoms with Gasteiger partial charge < -0.3 is 16.2 Å². The number of unbranched alkanes of at least 4 members (excludes halogenated alkanes) is 1. The van der Waals surface area contributed by atoms with E-state index < -0.39 is 6.04 Å². The molecule has 1 atom stereocenters. The second kappa shape index (κ2) is 7.81. The van der Waals surface area contributed by atoms with Crippen LogP contribution in [0.1, 0.15) is 24.8 Å². The van der Waals surface area contributed by atoms with Crippen molar-refractivity contribution in [3.63, 3.8) is 0 Å². The van der Waals surface area contributed by atoms with Crippen molar-refractivity contribution in [1.29, 1.82) is 0 Å². The van der Waals surface area contributed by atoms with Crippen LogP contribution in [0.4, 0.5) is 0 Å². The van der Waals surface area contributed by atoms with E-state index in [2.05, 4.69) is 0 Å². The highest BCUT2D eigenvalue weighted by molar-refractivity contribution is 5.75. The van der Waals surface area contributed by atoms with Gasteiger partial charge in [0.2, 0.25) is 0 Å². The third kappa shape index (κ3) is 5.47. The molecular formula is C13H20N2O2. The molecular weight excluding hydrogens is 216 g/mol. The van der Waals surface area contributed by atoms with Gasteiger partial charge in [0.05, 0.1) is 0 Å². The minimum Gasteiger partial charge on any atom is -0.460 e. The summed E-state index contributed by atoms with van der Waals surface area (Å²) in [5.41, 5.74) is 12.0.